The van der Waals surface area contributed by atoms with E-state index in [1.165, 1.54) is 10.6 Å². The minimum atomic E-state index is -3.21. The van der Waals surface area contributed by atoms with E-state index in [0.29, 0.717) is 54.8 Å². The monoisotopic (exact) mass is 541 g/mol. The second-order valence-corrected chi connectivity index (χ2v) is 11.6. The van der Waals surface area contributed by atoms with Crippen molar-refractivity contribution in [2.75, 3.05) is 35.3 Å². The molecule has 0 saturated carbocycles. The van der Waals surface area contributed by atoms with Gasteiger partial charge >= 0.3 is 6.03 Å². The van der Waals surface area contributed by atoms with Gasteiger partial charge in [0.25, 0.3) is 0 Å². The zero-order chi connectivity index (χ0) is 26.0. The number of aromatic nitrogens is 2. The molecule has 2 aromatic carbocycles. The molecular weight excluding hydrogens is 514 g/mol. The number of sulfonamides is 1. The fourth-order valence-corrected chi connectivity index (χ4v) is 5.55. The molecule has 10 nitrogen and oxygen atoms in total. The topological polar surface area (TPSA) is 128 Å². The summed E-state index contributed by atoms with van der Waals surface area (Å²) in [7, 11) is -3.21. The molecule has 1 aromatic heterocycles. The number of hydrogen-bond acceptors (Lipinski definition) is 7. The van der Waals surface area contributed by atoms with Gasteiger partial charge in [0, 0.05) is 36.2 Å². The van der Waals surface area contributed by atoms with E-state index < -0.39 is 10.0 Å². The standard InChI is InChI=1S/C25H28ClN7O3S/c1-37(35,36)33-11-9-18(10-12-33)30-25(34)31-22-8-7-20-14-17(22)6-5-16-3-2-4-19(13-16)29-24-27-15-21(26)23(28-20)32-24/h2-4,7-8,13-15,18H,5-6,9-12H2,1H3,(H2,30,31,34)(H2,27,28,29,32). The molecule has 5 rings (SSSR count). The molecule has 6 bridgehead atoms. The Hall–Kier alpha value is -3.41. The lowest BCUT2D eigenvalue weighted by Crippen LogP contribution is -2.47. The van der Waals surface area contributed by atoms with Crippen LogP contribution in [-0.4, -0.2) is 54.1 Å². The molecule has 0 atom stereocenters. The molecule has 0 radical (unpaired) electrons. The van der Waals surface area contributed by atoms with Gasteiger partial charge in [-0.25, -0.2) is 22.5 Å². The van der Waals surface area contributed by atoms with Crippen LogP contribution >= 0.6 is 11.6 Å². The Morgan fingerprint density at radius 3 is 2.65 bits per heavy atom. The van der Waals surface area contributed by atoms with Crippen LogP contribution < -0.4 is 21.3 Å². The van der Waals surface area contributed by atoms with Crippen LogP contribution in [0.3, 0.4) is 0 Å². The molecular formula is C25H28ClN7O3S. The third kappa shape index (κ3) is 6.30. The predicted molar refractivity (Wildman–Crippen MR) is 145 cm³/mol. The first kappa shape index (κ1) is 25.2. The lowest BCUT2D eigenvalue weighted by Gasteiger charge is -2.30. The molecule has 0 unspecified atom stereocenters. The summed E-state index contributed by atoms with van der Waals surface area (Å²) in [4.78, 5) is 21.6. The van der Waals surface area contributed by atoms with Crippen molar-refractivity contribution in [1.29, 1.82) is 0 Å². The lowest BCUT2D eigenvalue weighted by molar-refractivity contribution is 0.238. The number of rotatable bonds is 3. The van der Waals surface area contributed by atoms with Gasteiger partial charge in [0.1, 0.15) is 5.02 Å². The van der Waals surface area contributed by atoms with Crippen molar-refractivity contribution in [3.63, 3.8) is 0 Å². The number of carbonyl (C=O) groups is 1. The average molecular weight is 542 g/mol. The van der Waals surface area contributed by atoms with E-state index in [0.717, 1.165) is 28.9 Å². The normalized spacial score (nSPS) is 16.3. The first-order valence-corrected chi connectivity index (χ1v) is 14.3. The number of anilines is 5. The Balaban J connectivity index is 1.35. The van der Waals surface area contributed by atoms with Gasteiger partial charge in [0.2, 0.25) is 16.0 Å². The summed E-state index contributed by atoms with van der Waals surface area (Å²) in [5.41, 5.74) is 4.44. The molecule has 37 heavy (non-hydrogen) atoms. The highest BCUT2D eigenvalue weighted by Gasteiger charge is 2.26. The van der Waals surface area contributed by atoms with Crippen molar-refractivity contribution in [1.82, 2.24) is 19.6 Å². The zero-order valence-corrected chi connectivity index (χ0v) is 21.9. The molecule has 12 heteroatoms. The number of halogens is 1. The molecule has 3 heterocycles. The van der Waals surface area contributed by atoms with Gasteiger partial charge in [-0.1, -0.05) is 23.7 Å². The summed E-state index contributed by atoms with van der Waals surface area (Å²) >= 11 is 6.34. The lowest BCUT2D eigenvalue weighted by atomic mass is 10.0. The molecule has 2 aliphatic rings. The third-order valence-corrected chi connectivity index (χ3v) is 8.06. The summed E-state index contributed by atoms with van der Waals surface area (Å²) in [5.74, 6) is 0.903. The molecule has 2 aliphatic heterocycles. The Morgan fingerprint density at radius 2 is 1.86 bits per heavy atom. The minimum absolute atomic E-state index is 0.0895. The molecule has 2 amide bonds. The summed E-state index contributed by atoms with van der Waals surface area (Å²) in [6, 6.07) is 13.3. The summed E-state index contributed by atoms with van der Waals surface area (Å²) in [6.45, 7) is 0.799. The number of nitrogens with zero attached hydrogens (tertiary/aromatic N) is 3. The Bertz CT molecular complexity index is 1430. The van der Waals surface area contributed by atoms with Crippen LogP contribution in [0.4, 0.5) is 33.6 Å². The molecule has 4 N–H and O–H groups in total. The number of amides is 2. The predicted octanol–water partition coefficient (Wildman–Crippen LogP) is 4.26. The maximum atomic E-state index is 12.8. The van der Waals surface area contributed by atoms with Crippen molar-refractivity contribution in [2.45, 2.75) is 31.7 Å². The number of aryl methyl sites for hydroxylation is 2. The van der Waals surface area contributed by atoms with Crippen molar-refractivity contribution >= 4 is 56.5 Å². The van der Waals surface area contributed by atoms with Crippen molar-refractivity contribution in [3.05, 3.63) is 64.8 Å². The highest BCUT2D eigenvalue weighted by Crippen LogP contribution is 2.29. The molecule has 0 aliphatic carbocycles. The Kier molecular flexibility index (Phi) is 7.18. The van der Waals surface area contributed by atoms with Crippen LogP contribution in [0.1, 0.15) is 24.0 Å². The summed E-state index contributed by atoms with van der Waals surface area (Å²) < 4.78 is 24.9. The second-order valence-electron chi connectivity index (χ2n) is 9.25. The van der Waals surface area contributed by atoms with E-state index in [1.807, 2.05) is 30.3 Å². The SMILES string of the molecule is CS(=O)(=O)N1CCC(NC(=O)Nc2ccc3cc2CCc2cccc(c2)Nc2ncc(Cl)c(n2)N3)CC1. The molecule has 1 saturated heterocycles. The highest BCUT2D eigenvalue weighted by molar-refractivity contribution is 7.88. The number of piperidine rings is 1. The first-order valence-electron chi connectivity index (χ1n) is 12.0. The smallest absolute Gasteiger partial charge is 0.319 e. The quantitative estimate of drug-likeness (QED) is 0.390. The van der Waals surface area contributed by atoms with Crippen molar-refractivity contribution in [3.8, 4) is 0 Å². The van der Waals surface area contributed by atoms with Crippen LogP contribution in [0.5, 0.6) is 0 Å². The number of fused-ring (bicyclic) bond motifs is 6. The maximum Gasteiger partial charge on any atom is 0.319 e. The van der Waals surface area contributed by atoms with Crippen LogP contribution in [0.25, 0.3) is 0 Å². The van der Waals surface area contributed by atoms with E-state index in [9.17, 15) is 13.2 Å². The zero-order valence-electron chi connectivity index (χ0n) is 20.3. The molecule has 3 aromatic rings. The van der Waals surface area contributed by atoms with Gasteiger partial charge in [-0.15, -0.1) is 0 Å². The van der Waals surface area contributed by atoms with Gasteiger partial charge in [0.15, 0.2) is 5.82 Å². The van der Waals surface area contributed by atoms with Gasteiger partial charge in [-0.3, -0.25) is 0 Å². The Morgan fingerprint density at radius 1 is 1.08 bits per heavy atom. The molecule has 1 fully saturated rings. The van der Waals surface area contributed by atoms with Crippen LogP contribution in [-0.2, 0) is 22.9 Å². The fourth-order valence-electron chi connectivity index (χ4n) is 4.54. The fraction of sp³-hybridized carbons (Fsp3) is 0.320. The Labute approximate surface area is 220 Å². The van der Waals surface area contributed by atoms with Gasteiger partial charge in [-0.2, -0.15) is 4.98 Å². The third-order valence-electron chi connectivity index (χ3n) is 6.48. The number of carbonyl (C=O) groups excluding carboxylic acids is 1. The van der Waals surface area contributed by atoms with Crippen molar-refractivity contribution in [2.24, 2.45) is 0 Å². The van der Waals surface area contributed by atoms with Gasteiger partial charge in [0.05, 0.1) is 12.5 Å². The number of urea groups is 1. The van der Waals surface area contributed by atoms with Gasteiger partial charge < -0.3 is 21.3 Å². The number of nitrogens with one attached hydrogen (secondary N) is 4. The van der Waals surface area contributed by atoms with Gasteiger partial charge in [-0.05, 0) is 67.1 Å². The minimum Gasteiger partial charge on any atom is -0.339 e. The van der Waals surface area contributed by atoms with E-state index in [1.54, 1.807) is 6.20 Å². The number of hydrogen-bond donors (Lipinski definition) is 4. The number of benzene rings is 2. The first-order chi connectivity index (χ1) is 17.7. The van der Waals surface area contributed by atoms with Crippen molar-refractivity contribution < 1.29 is 13.2 Å². The van der Waals surface area contributed by atoms with E-state index in [-0.39, 0.29) is 12.1 Å². The van der Waals surface area contributed by atoms with E-state index in [4.69, 9.17) is 11.6 Å². The van der Waals surface area contributed by atoms with E-state index in [2.05, 4.69) is 43.4 Å². The highest BCUT2D eigenvalue weighted by atomic mass is 35.5. The van der Waals surface area contributed by atoms with Crippen LogP contribution in [0.15, 0.2) is 48.7 Å². The second kappa shape index (κ2) is 10.5. The largest absolute Gasteiger partial charge is 0.339 e. The molecule has 0 spiro atoms. The summed E-state index contributed by atoms with van der Waals surface area (Å²) in [5, 5.41) is 12.8. The maximum absolute atomic E-state index is 12.8. The van der Waals surface area contributed by atoms with Crippen LogP contribution in [0, 0.1) is 0 Å². The summed E-state index contributed by atoms with van der Waals surface area (Å²) in [6.07, 6.45) is 5.36. The molecule has 194 valence electrons. The van der Waals surface area contributed by atoms with E-state index >= 15 is 0 Å². The van der Waals surface area contributed by atoms with Crippen LogP contribution in [0.2, 0.25) is 5.02 Å². The average Bonchev–Trinajstić information content (AvgIpc) is 2.86.